The Morgan fingerprint density at radius 2 is 1.76 bits per heavy atom. The Balaban J connectivity index is 2.15. The van der Waals surface area contributed by atoms with E-state index in [-0.39, 0.29) is 17.7 Å². The summed E-state index contributed by atoms with van der Waals surface area (Å²) < 4.78 is 10.6. The van der Waals surface area contributed by atoms with Crippen molar-refractivity contribution in [2.24, 2.45) is 5.92 Å². The summed E-state index contributed by atoms with van der Waals surface area (Å²) in [4.78, 5) is 12.8. The first kappa shape index (κ1) is 19.1. The molecule has 0 aliphatic rings. The van der Waals surface area contributed by atoms with Crippen molar-refractivity contribution in [2.75, 3.05) is 14.2 Å². The Hall–Kier alpha value is -2.20. The minimum absolute atomic E-state index is 0.0257. The predicted molar refractivity (Wildman–Crippen MR) is 100 cm³/mol. The van der Waals surface area contributed by atoms with Crippen molar-refractivity contribution in [3.05, 3.63) is 58.6 Å². The van der Waals surface area contributed by atoms with Crippen molar-refractivity contribution in [1.29, 1.82) is 0 Å². The van der Waals surface area contributed by atoms with Crippen molar-refractivity contribution < 1.29 is 14.3 Å². The lowest BCUT2D eigenvalue weighted by Crippen LogP contribution is -2.31. The molecule has 0 aliphatic carbocycles. The van der Waals surface area contributed by atoms with Gasteiger partial charge < -0.3 is 14.8 Å². The zero-order chi connectivity index (χ0) is 18.4. The molecule has 0 saturated heterocycles. The summed E-state index contributed by atoms with van der Waals surface area (Å²) in [6, 6.07) is 13.0. The number of amides is 1. The van der Waals surface area contributed by atoms with Crippen molar-refractivity contribution in [1.82, 2.24) is 5.32 Å². The largest absolute Gasteiger partial charge is 0.497 e. The van der Waals surface area contributed by atoms with Gasteiger partial charge in [0.25, 0.3) is 0 Å². The number of hydrogen-bond donors (Lipinski definition) is 1. The number of methoxy groups -OCH3 is 2. The highest BCUT2D eigenvalue weighted by Gasteiger charge is 2.24. The molecule has 134 valence electrons. The van der Waals surface area contributed by atoms with Gasteiger partial charge in [0.15, 0.2) is 0 Å². The van der Waals surface area contributed by atoms with E-state index in [1.54, 1.807) is 14.2 Å². The fraction of sp³-hybridized carbons (Fsp3) is 0.350. The van der Waals surface area contributed by atoms with E-state index in [1.165, 1.54) is 0 Å². The quantitative estimate of drug-likeness (QED) is 0.794. The highest BCUT2D eigenvalue weighted by Crippen LogP contribution is 2.27. The third kappa shape index (κ3) is 4.89. The fourth-order valence-electron chi connectivity index (χ4n) is 2.82. The normalized spacial score (nSPS) is 11.9. The predicted octanol–water partition coefficient (Wildman–Crippen LogP) is 4.41. The molecule has 1 amide bonds. The second kappa shape index (κ2) is 8.77. The maximum atomic E-state index is 12.8. The second-order valence-electron chi connectivity index (χ2n) is 6.17. The van der Waals surface area contributed by atoms with Gasteiger partial charge >= 0.3 is 0 Å². The number of hydrogen-bond acceptors (Lipinski definition) is 3. The van der Waals surface area contributed by atoms with E-state index >= 15 is 0 Å². The standard InChI is InChI=1S/C20H24ClNO3/c1-13(2)19(14-5-7-16(21)8-6-14)20(23)22-12-15-11-17(24-3)9-10-18(15)25-4/h5-11,13,19H,12H2,1-4H3,(H,22,23). The van der Waals surface area contributed by atoms with Gasteiger partial charge in [-0.05, 0) is 41.8 Å². The van der Waals surface area contributed by atoms with E-state index in [0.717, 1.165) is 16.9 Å². The van der Waals surface area contributed by atoms with Crippen LogP contribution in [-0.2, 0) is 11.3 Å². The van der Waals surface area contributed by atoms with Crippen LogP contribution in [0.3, 0.4) is 0 Å². The number of benzene rings is 2. The highest BCUT2D eigenvalue weighted by molar-refractivity contribution is 6.30. The molecule has 1 N–H and O–H groups in total. The van der Waals surface area contributed by atoms with Crippen molar-refractivity contribution in [3.8, 4) is 11.5 Å². The lowest BCUT2D eigenvalue weighted by molar-refractivity contribution is -0.123. The molecule has 2 aromatic rings. The van der Waals surface area contributed by atoms with Gasteiger partial charge in [-0.3, -0.25) is 4.79 Å². The molecule has 0 bridgehead atoms. The zero-order valence-electron chi connectivity index (χ0n) is 15.0. The Morgan fingerprint density at radius 1 is 1.08 bits per heavy atom. The van der Waals surface area contributed by atoms with Gasteiger partial charge in [-0.1, -0.05) is 37.6 Å². The van der Waals surface area contributed by atoms with Crippen LogP contribution in [0.5, 0.6) is 11.5 Å². The number of carbonyl (C=O) groups excluding carboxylic acids is 1. The first-order chi connectivity index (χ1) is 12.0. The molecule has 2 aromatic carbocycles. The summed E-state index contributed by atoms with van der Waals surface area (Å²) in [7, 11) is 3.22. The van der Waals surface area contributed by atoms with E-state index in [4.69, 9.17) is 21.1 Å². The number of rotatable bonds is 7. The molecular weight excluding hydrogens is 338 g/mol. The molecule has 25 heavy (non-hydrogen) atoms. The summed E-state index contributed by atoms with van der Waals surface area (Å²) in [5.41, 5.74) is 1.82. The Bertz CT molecular complexity index is 713. The van der Waals surface area contributed by atoms with Gasteiger partial charge in [0.05, 0.1) is 20.1 Å². The molecule has 1 unspecified atom stereocenters. The SMILES string of the molecule is COc1ccc(OC)c(CNC(=O)C(c2ccc(Cl)cc2)C(C)C)c1. The second-order valence-corrected chi connectivity index (χ2v) is 6.61. The summed E-state index contributed by atoms with van der Waals surface area (Å²) in [6.07, 6.45) is 0. The molecule has 0 spiro atoms. The van der Waals surface area contributed by atoms with Gasteiger partial charge in [-0.15, -0.1) is 0 Å². The van der Waals surface area contributed by atoms with E-state index in [0.29, 0.717) is 17.3 Å². The third-order valence-corrected chi connectivity index (χ3v) is 4.37. The topological polar surface area (TPSA) is 47.6 Å². The molecule has 0 saturated carbocycles. The third-order valence-electron chi connectivity index (χ3n) is 4.12. The van der Waals surface area contributed by atoms with E-state index in [9.17, 15) is 4.79 Å². The lowest BCUT2D eigenvalue weighted by atomic mass is 9.87. The summed E-state index contributed by atoms with van der Waals surface area (Å²) in [5.74, 6) is 1.33. The average Bonchev–Trinajstić information content (AvgIpc) is 2.61. The minimum atomic E-state index is -0.242. The maximum Gasteiger partial charge on any atom is 0.228 e. The molecule has 0 fully saturated rings. The Morgan fingerprint density at radius 3 is 2.32 bits per heavy atom. The van der Waals surface area contributed by atoms with Crippen LogP contribution in [0, 0.1) is 5.92 Å². The zero-order valence-corrected chi connectivity index (χ0v) is 15.8. The van der Waals surface area contributed by atoms with Crippen LogP contribution < -0.4 is 14.8 Å². The molecule has 0 aromatic heterocycles. The van der Waals surface area contributed by atoms with E-state index in [2.05, 4.69) is 5.32 Å². The van der Waals surface area contributed by atoms with Gasteiger partial charge in [-0.25, -0.2) is 0 Å². The molecular formula is C20H24ClNO3. The highest BCUT2D eigenvalue weighted by atomic mass is 35.5. The van der Waals surface area contributed by atoms with Crippen LogP contribution in [0.25, 0.3) is 0 Å². The fourth-order valence-corrected chi connectivity index (χ4v) is 2.95. The Kier molecular flexibility index (Phi) is 6.71. The Labute approximate surface area is 154 Å². The molecule has 0 heterocycles. The van der Waals surface area contributed by atoms with E-state index < -0.39 is 0 Å². The molecule has 0 radical (unpaired) electrons. The number of nitrogens with one attached hydrogen (secondary N) is 1. The van der Waals surface area contributed by atoms with Gasteiger partial charge in [0.2, 0.25) is 5.91 Å². The molecule has 0 aliphatic heterocycles. The van der Waals surface area contributed by atoms with Gasteiger partial charge in [0, 0.05) is 17.1 Å². The van der Waals surface area contributed by atoms with Gasteiger partial charge in [0.1, 0.15) is 11.5 Å². The summed E-state index contributed by atoms with van der Waals surface area (Å²) >= 11 is 5.95. The molecule has 4 nitrogen and oxygen atoms in total. The summed E-state index contributed by atoms with van der Waals surface area (Å²) in [5, 5.41) is 3.67. The molecule has 1 atom stereocenters. The van der Waals surface area contributed by atoms with Crippen molar-refractivity contribution >= 4 is 17.5 Å². The van der Waals surface area contributed by atoms with Crippen LogP contribution in [0.1, 0.15) is 30.9 Å². The molecule has 5 heteroatoms. The number of halogens is 1. The van der Waals surface area contributed by atoms with Gasteiger partial charge in [-0.2, -0.15) is 0 Å². The van der Waals surface area contributed by atoms with Crippen LogP contribution in [0.15, 0.2) is 42.5 Å². The van der Waals surface area contributed by atoms with E-state index in [1.807, 2.05) is 56.3 Å². The monoisotopic (exact) mass is 361 g/mol. The van der Waals surface area contributed by atoms with Crippen molar-refractivity contribution in [3.63, 3.8) is 0 Å². The summed E-state index contributed by atoms with van der Waals surface area (Å²) in [6.45, 7) is 4.44. The smallest absolute Gasteiger partial charge is 0.228 e. The van der Waals surface area contributed by atoms with Crippen LogP contribution in [0.4, 0.5) is 0 Å². The average molecular weight is 362 g/mol. The number of ether oxygens (including phenoxy) is 2. The van der Waals surface area contributed by atoms with Crippen LogP contribution in [-0.4, -0.2) is 20.1 Å². The van der Waals surface area contributed by atoms with Crippen LogP contribution >= 0.6 is 11.6 Å². The molecule has 2 rings (SSSR count). The first-order valence-corrected chi connectivity index (χ1v) is 8.58. The number of carbonyl (C=O) groups is 1. The van der Waals surface area contributed by atoms with Crippen LogP contribution in [0.2, 0.25) is 5.02 Å². The lowest BCUT2D eigenvalue weighted by Gasteiger charge is -2.21. The maximum absolute atomic E-state index is 12.8. The first-order valence-electron chi connectivity index (χ1n) is 8.20. The van der Waals surface area contributed by atoms with Crippen molar-refractivity contribution in [2.45, 2.75) is 26.3 Å². The minimum Gasteiger partial charge on any atom is -0.497 e.